The van der Waals surface area contributed by atoms with Gasteiger partial charge in [-0.3, -0.25) is 0 Å². The molecule has 3 heteroatoms. The summed E-state index contributed by atoms with van der Waals surface area (Å²) in [4.78, 5) is 7.15. The van der Waals surface area contributed by atoms with Crippen LogP contribution < -0.4 is 10.6 Å². The zero-order valence-electron chi connectivity index (χ0n) is 12.5. The highest BCUT2D eigenvalue weighted by Gasteiger charge is 2.31. The summed E-state index contributed by atoms with van der Waals surface area (Å²) >= 11 is 0. The van der Waals surface area contributed by atoms with Crippen LogP contribution in [0.25, 0.3) is 0 Å². The van der Waals surface area contributed by atoms with Crippen molar-refractivity contribution in [1.82, 2.24) is 4.98 Å². The molecule has 1 aliphatic carbocycles. The Hall–Kier alpha value is -1.09. The molecule has 1 heterocycles. The van der Waals surface area contributed by atoms with Gasteiger partial charge in [0.25, 0.3) is 0 Å². The van der Waals surface area contributed by atoms with Crippen molar-refractivity contribution >= 4 is 5.82 Å². The van der Waals surface area contributed by atoms with Crippen molar-refractivity contribution in [1.29, 1.82) is 0 Å². The highest BCUT2D eigenvalue weighted by molar-refractivity contribution is 5.49. The van der Waals surface area contributed by atoms with Crippen molar-refractivity contribution in [2.45, 2.75) is 58.5 Å². The third-order valence-corrected chi connectivity index (χ3v) is 3.70. The summed E-state index contributed by atoms with van der Waals surface area (Å²) in [6.07, 6.45) is 6.47. The SMILES string of the molecule is CCC(N)Cc1cccnc1N(CC(C)C)C1CC1. The predicted molar refractivity (Wildman–Crippen MR) is 81.4 cm³/mol. The predicted octanol–water partition coefficient (Wildman–Crippen LogP) is 2.99. The minimum absolute atomic E-state index is 0.239. The van der Waals surface area contributed by atoms with Gasteiger partial charge in [-0.1, -0.05) is 26.8 Å². The van der Waals surface area contributed by atoms with Crippen LogP contribution in [0.5, 0.6) is 0 Å². The molecule has 0 saturated heterocycles. The van der Waals surface area contributed by atoms with Crippen LogP contribution in [0.1, 0.15) is 45.6 Å². The van der Waals surface area contributed by atoms with Crippen LogP contribution in [0, 0.1) is 5.92 Å². The first-order valence-electron chi connectivity index (χ1n) is 7.58. The van der Waals surface area contributed by atoms with E-state index >= 15 is 0 Å². The number of nitrogens with two attached hydrogens (primary N) is 1. The summed E-state index contributed by atoms with van der Waals surface area (Å²) < 4.78 is 0. The fraction of sp³-hybridized carbons (Fsp3) is 0.688. The first kappa shape index (κ1) is 14.3. The van der Waals surface area contributed by atoms with Crippen molar-refractivity contribution in [3.05, 3.63) is 23.9 Å². The molecule has 0 spiro atoms. The van der Waals surface area contributed by atoms with Gasteiger partial charge in [0, 0.05) is 24.8 Å². The Morgan fingerprint density at radius 3 is 2.74 bits per heavy atom. The highest BCUT2D eigenvalue weighted by atomic mass is 15.2. The fourth-order valence-corrected chi connectivity index (χ4v) is 2.46. The number of aromatic nitrogens is 1. The number of anilines is 1. The molecular formula is C16H27N3. The standard InChI is InChI=1S/C16H27N3/c1-4-14(17)10-13-6-5-9-18-16(13)19(11-12(2)3)15-7-8-15/h5-6,9,12,14-15H,4,7-8,10-11,17H2,1-3H3. The number of hydrogen-bond donors (Lipinski definition) is 1. The molecule has 1 unspecified atom stereocenters. The van der Waals surface area contributed by atoms with Crippen molar-refractivity contribution in [3.8, 4) is 0 Å². The Morgan fingerprint density at radius 1 is 1.42 bits per heavy atom. The Kier molecular flexibility index (Phi) is 4.81. The van der Waals surface area contributed by atoms with E-state index in [1.807, 2.05) is 12.3 Å². The maximum atomic E-state index is 6.12. The molecule has 0 amide bonds. The molecule has 3 nitrogen and oxygen atoms in total. The van der Waals surface area contributed by atoms with Crippen LogP contribution in [-0.4, -0.2) is 23.6 Å². The normalized spacial score (nSPS) is 16.7. The topological polar surface area (TPSA) is 42.1 Å². The van der Waals surface area contributed by atoms with E-state index in [9.17, 15) is 0 Å². The summed E-state index contributed by atoms with van der Waals surface area (Å²) in [5.41, 5.74) is 7.43. The van der Waals surface area contributed by atoms with Gasteiger partial charge in [-0.25, -0.2) is 4.98 Å². The van der Waals surface area contributed by atoms with E-state index in [0.29, 0.717) is 12.0 Å². The van der Waals surface area contributed by atoms with Gasteiger partial charge < -0.3 is 10.6 Å². The largest absolute Gasteiger partial charge is 0.353 e. The summed E-state index contributed by atoms with van der Waals surface area (Å²) in [6.45, 7) is 7.79. The van der Waals surface area contributed by atoms with Gasteiger partial charge in [0.1, 0.15) is 5.82 Å². The second-order valence-corrected chi connectivity index (χ2v) is 6.14. The number of rotatable bonds is 7. The van der Waals surface area contributed by atoms with Crippen molar-refractivity contribution in [2.75, 3.05) is 11.4 Å². The molecule has 106 valence electrons. The highest BCUT2D eigenvalue weighted by Crippen LogP contribution is 2.33. The van der Waals surface area contributed by atoms with E-state index in [4.69, 9.17) is 5.73 Å². The van der Waals surface area contributed by atoms with E-state index in [0.717, 1.165) is 19.4 Å². The van der Waals surface area contributed by atoms with Gasteiger partial charge in [0.15, 0.2) is 0 Å². The first-order valence-corrected chi connectivity index (χ1v) is 7.58. The lowest BCUT2D eigenvalue weighted by Crippen LogP contribution is -2.32. The molecule has 1 aliphatic rings. The molecule has 1 atom stereocenters. The molecule has 1 aromatic heterocycles. The van der Waals surface area contributed by atoms with Crippen LogP contribution in [0.3, 0.4) is 0 Å². The van der Waals surface area contributed by atoms with E-state index < -0.39 is 0 Å². The summed E-state index contributed by atoms with van der Waals surface area (Å²) in [5, 5.41) is 0. The van der Waals surface area contributed by atoms with Gasteiger partial charge in [-0.05, 0) is 43.2 Å². The van der Waals surface area contributed by atoms with Crippen molar-refractivity contribution < 1.29 is 0 Å². The maximum absolute atomic E-state index is 6.12. The van der Waals surface area contributed by atoms with E-state index in [1.165, 1.54) is 24.2 Å². The van der Waals surface area contributed by atoms with Gasteiger partial charge in [-0.15, -0.1) is 0 Å². The van der Waals surface area contributed by atoms with E-state index in [1.54, 1.807) is 0 Å². The van der Waals surface area contributed by atoms with Crippen LogP contribution in [0.15, 0.2) is 18.3 Å². The van der Waals surface area contributed by atoms with Gasteiger partial charge in [0.2, 0.25) is 0 Å². The molecule has 1 fully saturated rings. The number of nitrogens with zero attached hydrogens (tertiary/aromatic N) is 2. The molecule has 1 aromatic rings. The van der Waals surface area contributed by atoms with Gasteiger partial charge in [0.05, 0.1) is 0 Å². The zero-order valence-corrected chi connectivity index (χ0v) is 12.5. The Bertz CT molecular complexity index is 399. The monoisotopic (exact) mass is 261 g/mol. The molecule has 19 heavy (non-hydrogen) atoms. The van der Waals surface area contributed by atoms with Gasteiger partial charge >= 0.3 is 0 Å². The fourth-order valence-electron chi connectivity index (χ4n) is 2.46. The number of pyridine rings is 1. The van der Waals surface area contributed by atoms with E-state index in [-0.39, 0.29) is 6.04 Å². The maximum Gasteiger partial charge on any atom is 0.132 e. The third-order valence-electron chi connectivity index (χ3n) is 3.70. The zero-order chi connectivity index (χ0) is 13.8. The third kappa shape index (κ3) is 3.93. The van der Waals surface area contributed by atoms with Crippen molar-refractivity contribution in [3.63, 3.8) is 0 Å². The quantitative estimate of drug-likeness (QED) is 0.820. The van der Waals surface area contributed by atoms with E-state index in [2.05, 4.69) is 36.7 Å². The average molecular weight is 261 g/mol. The molecular weight excluding hydrogens is 234 g/mol. The van der Waals surface area contributed by atoms with Crippen LogP contribution in [0.4, 0.5) is 5.82 Å². The smallest absolute Gasteiger partial charge is 0.132 e. The minimum atomic E-state index is 0.239. The summed E-state index contributed by atoms with van der Waals surface area (Å²) in [5.74, 6) is 1.83. The van der Waals surface area contributed by atoms with Crippen LogP contribution in [0.2, 0.25) is 0 Å². The van der Waals surface area contributed by atoms with Crippen molar-refractivity contribution in [2.24, 2.45) is 11.7 Å². The first-order chi connectivity index (χ1) is 9.11. The lowest BCUT2D eigenvalue weighted by Gasteiger charge is -2.28. The lowest BCUT2D eigenvalue weighted by atomic mass is 10.0. The Morgan fingerprint density at radius 2 is 2.16 bits per heavy atom. The second-order valence-electron chi connectivity index (χ2n) is 6.14. The van der Waals surface area contributed by atoms with Crippen LogP contribution in [-0.2, 0) is 6.42 Å². The minimum Gasteiger partial charge on any atom is -0.353 e. The Balaban J connectivity index is 2.20. The van der Waals surface area contributed by atoms with Gasteiger partial charge in [-0.2, -0.15) is 0 Å². The molecule has 0 radical (unpaired) electrons. The molecule has 0 aliphatic heterocycles. The lowest BCUT2D eigenvalue weighted by molar-refractivity contribution is 0.595. The molecule has 2 N–H and O–H groups in total. The average Bonchev–Trinajstić information content (AvgIpc) is 3.21. The summed E-state index contributed by atoms with van der Waals surface area (Å²) in [6, 6.07) is 5.16. The molecule has 0 aromatic carbocycles. The summed E-state index contributed by atoms with van der Waals surface area (Å²) in [7, 11) is 0. The molecule has 1 saturated carbocycles. The Labute approximate surface area is 117 Å². The number of hydrogen-bond acceptors (Lipinski definition) is 3. The second kappa shape index (κ2) is 6.38. The molecule has 2 rings (SSSR count). The molecule has 0 bridgehead atoms. The van der Waals surface area contributed by atoms with Crippen LogP contribution >= 0.6 is 0 Å².